The van der Waals surface area contributed by atoms with Gasteiger partial charge < -0.3 is 15.5 Å². The minimum atomic E-state index is -1.16. The minimum absolute atomic E-state index is 0.135. The van der Waals surface area contributed by atoms with Crippen LogP contribution in [-0.2, 0) is 4.79 Å². The van der Waals surface area contributed by atoms with Crippen molar-refractivity contribution in [2.45, 2.75) is 13.3 Å². The van der Waals surface area contributed by atoms with Crippen LogP contribution in [0.2, 0.25) is 0 Å². The van der Waals surface area contributed by atoms with Gasteiger partial charge in [-0.3, -0.25) is 9.78 Å². The van der Waals surface area contributed by atoms with Crippen LogP contribution in [0.15, 0.2) is 48.7 Å². The van der Waals surface area contributed by atoms with Crippen LogP contribution in [-0.4, -0.2) is 50.2 Å². The molecule has 0 saturated carbocycles. The van der Waals surface area contributed by atoms with Crippen LogP contribution < -0.4 is 5.32 Å². The third-order valence-corrected chi connectivity index (χ3v) is 5.26. The number of aliphatic hydroxyl groups is 1. The number of nitrogens with zero attached hydrogens (tertiary/aromatic N) is 3. The van der Waals surface area contributed by atoms with Crippen LogP contribution in [0.25, 0.3) is 22.6 Å². The molecular formula is C24H20N4O4. The molecule has 1 atom stereocenters. The summed E-state index contributed by atoms with van der Waals surface area (Å²) in [5.74, 6) is 4.65. The van der Waals surface area contributed by atoms with Gasteiger partial charge in [0.1, 0.15) is 5.41 Å². The van der Waals surface area contributed by atoms with Gasteiger partial charge in [-0.1, -0.05) is 24.0 Å². The van der Waals surface area contributed by atoms with Crippen molar-refractivity contribution < 1.29 is 19.8 Å². The Morgan fingerprint density at radius 1 is 1.19 bits per heavy atom. The molecule has 3 N–H and O–H groups in total. The van der Waals surface area contributed by atoms with Crippen LogP contribution in [0.3, 0.4) is 0 Å². The van der Waals surface area contributed by atoms with E-state index in [1.807, 2.05) is 19.1 Å². The summed E-state index contributed by atoms with van der Waals surface area (Å²) in [6, 6.07) is 12.1. The predicted molar refractivity (Wildman–Crippen MR) is 116 cm³/mol. The van der Waals surface area contributed by atoms with Gasteiger partial charge in [0.2, 0.25) is 5.91 Å². The summed E-state index contributed by atoms with van der Waals surface area (Å²) < 4.78 is 0. The zero-order chi connectivity index (χ0) is 22.7. The Morgan fingerprint density at radius 3 is 2.69 bits per heavy atom. The number of carbonyl (C=O) groups excluding carboxylic acids is 1. The third-order valence-electron chi connectivity index (χ3n) is 5.26. The van der Waals surface area contributed by atoms with Gasteiger partial charge in [-0.15, -0.1) is 0 Å². The number of aryl methyl sites for hydroxylation is 1. The van der Waals surface area contributed by atoms with Crippen molar-refractivity contribution in [1.82, 2.24) is 20.3 Å². The van der Waals surface area contributed by atoms with Gasteiger partial charge in [-0.25, -0.2) is 14.8 Å². The van der Waals surface area contributed by atoms with Gasteiger partial charge >= 0.3 is 5.97 Å². The van der Waals surface area contributed by atoms with Crippen LogP contribution in [0.1, 0.15) is 28.2 Å². The van der Waals surface area contributed by atoms with Gasteiger partial charge in [0.15, 0.2) is 11.5 Å². The molecule has 0 bridgehead atoms. The standard InChI is InChI=1S/C24H20N4O4/c1-15-5-6-18(13-26-15)19-12-20(22(30)31)28-21(27-19)17-4-2-3-16(11-17)7-8-24(14-29)9-10-25-23(24)32/h2-6,11-13,29H,9-10,14H2,1H3,(H,25,32)(H,30,31)/t24-/m0/s1. The number of rotatable bonds is 4. The number of carbonyl (C=O) groups is 2. The molecule has 4 rings (SSSR count). The van der Waals surface area contributed by atoms with E-state index >= 15 is 0 Å². The number of amides is 1. The van der Waals surface area contributed by atoms with Crippen molar-refractivity contribution in [3.8, 4) is 34.5 Å². The molecule has 2 aromatic heterocycles. The summed E-state index contributed by atoms with van der Waals surface area (Å²) in [6.45, 7) is 1.98. The highest BCUT2D eigenvalue weighted by atomic mass is 16.4. The number of hydrogen-bond donors (Lipinski definition) is 3. The Morgan fingerprint density at radius 2 is 2.03 bits per heavy atom. The lowest BCUT2D eigenvalue weighted by atomic mass is 9.88. The van der Waals surface area contributed by atoms with E-state index in [4.69, 9.17) is 0 Å². The zero-order valence-electron chi connectivity index (χ0n) is 17.3. The Kier molecular flexibility index (Phi) is 5.67. The van der Waals surface area contributed by atoms with E-state index in [1.54, 1.807) is 30.5 Å². The Balaban J connectivity index is 1.74. The second-order valence-electron chi connectivity index (χ2n) is 7.53. The number of pyridine rings is 1. The number of aliphatic hydroxyl groups excluding tert-OH is 1. The molecule has 1 fully saturated rings. The first-order valence-electron chi connectivity index (χ1n) is 9.98. The van der Waals surface area contributed by atoms with Crippen LogP contribution in [0, 0.1) is 24.2 Å². The van der Waals surface area contributed by atoms with Gasteiger partial charge in [0.25, 0.3) is 0 Å². The van der Waals surface area contributed by atoms with E-state index in [-0.39, 0.29) is 24.0 Å². The molecule has 1 aliphatic heterocycles. The Bertz CT molecular complexity index is 1260. The topological polar surface area (TPSA) is 125 Å². The second kappa shape index (κ2) is 8.57. The van der Waals surface area contributed by atoms with Gasteiger partial charge in [0.05, 0.1) is 12.3 Å². The van der Waals surface area contributed by atoms with Gasteiger partial charge in [0, 0.05) is 35.1 Å². The van der Waals surface area contributed by atoms with Crippen molar-refractivity contribution in [2.24, 2.45) is 5.41 Å². The average molecular weight is 428 g/mol. The number of benzene rings is 1. The summed E-state index contributed by atoms with van der Waals surface area (Å²) in [4.78, 5) is 36.7. The maximum atomic E-state index is 12.1. The summed E-state index contributed by atoms with van der Waals surface area (Å²) in [5.41, 5.74) is 1.89. The summed E-state index contributed by atoms with van der Waals surface area (Å²) in [6.07, 6.45) is 2.07. The van der Waals surface area contributed by atoms with Gasteiger partial charge in [-0.05, 0) is 43.7 Å². The van der Waals surface area contributed by atoms with E-state index in [1.165, 1.54) is 6.07 Å². The highest BCUT2D eigenvalue weighted by Crippen LogP contribution is 2.26. The van der Waals surface area contributed by atoms with E-state index < -0.39 is 11.4 Å². The predicted octanol–water partition coefficient (Wildman–Crippen LogP) is 2.06. The Hall–Kier alpha value is -4.09. The van der Waals surface area contributed by atoms with E-state index in [0.717, 1.165) is 5.69 Å². The lowest BCUT2D eigenvalue weighted by Crippen LogP contribution is -2.33. The number of nitrogens with one attached hydrogen (secondary N) is 1. The number of hydrogen-bond acceptors (Lipinski definition) is 6. The molecule has 32 heavy (non-hydrogen) atoms. The summed E-state index contributed by atoms with van der Waals surface area (Å²) in [5, 5.41) is 21.9. The van der Waals surface area contributed by atoms with Crippen molar-refractivity contribution in [2.75, 3.05) is 13.2 Å². The van der Waals surface area contributed by atoms with Gasteiger partial charge in [-0.2, -0.15) is 0 Å². The fourth-order valence-corrected chi connectivity index (χ4v) is 3.36. The molecule has 1 aliphatic rings. The average Bonchev–Trinajstić information content (AvgIpc) is 3.18. The largest absolute Gasteiger partial charge is 0.477 e. The first-order chi connectivity index (χ1) is 15.4. The normalized spacial score (nSPS) is 17.4. The number of aromatic nitrogens is 3. The molecule has 0 spiro atoms. The number of carboxylic acid groups (broad SMARTS) is 1. The summed E-state index contributed by atoms with van der Waals surface area (Å²) in [7, 11) is 0. The van der Waals surface area contributed by atoms with E-state index in [2.05, 4.69) is 32.1 Å². The molecule has 1 saturated heterocycles. The van der Waals surface area contributed by atoms with Crippen LogP contribution in [0.4, 0.5) is 0 Å². The molecule has 1 amide bonds. The van der Waals surface area contributed by atoms with Crippen molar-refractivity contribution in [1.29, 1.82) is 0 Å². The maximum absolute atomic E-state index is 12.1. The molecule has 8 heteroatoms. The monoisotopic (exact) mass is 428 g/mol. The molecule has 0 unspecified atom stereocenters. The molecule has 1 aromatic carbocycles. The zero-order valence-corrected chi connectivity index (χ0v) is 17.3. The summed E-state index contributed by atoms with van der Waals surface area (Å²) >= 11 is 0. The molecule has 3 heterocycles. The lowest BCUT2D eigenvalue weighted by molar-refractivity contribution is -0.126. The van der Waals surface area contributed by atoms with Crippen molar-refractivity contribution in [3.05, 3.63) is 65.6 Å². The molecule has 0 aliphatic carbocycles. The van der Waals surface area contributed by atoms with Crippen molar-refractivity contribution in [3.63, 3.8) is 0 Å². The fourth-order valence-electron chi connectivity index (χ4n) is 3.36. The smallest absolute Gasteiger partial charge is 0.354 e. The molecular weight excluding hydrogens is 408 g/mol. The fraction of sp³-hybridized carbons (Fsp3) is 0.208. The quantitative estimate of drug-likeness (QED) is 0.543. The molecule has 8 nitrogen and oxygen atoms in total. The minimum Gasteiger partial charge on any atom is -0.477 e. The number of aromatic carboxylic acids is 1. The first-order valence-corrected chi connectivity index (χ1v) is 9.98. The second-order valence-corrected chi connectivity index (χ2v) is 7.53. The lowest BCUT2D eigenvalue weighted by Gasteiger charge is -2.15. The molecule has 0 radical (unpaired) electrons. The molecule has 160 valence electrons. The SMILES string of the molecule is Cc1ccc(-c2cc(C(=O)O)nc(-c3cccc(C#C[C@@]4(CO)CCNC4=O)c3)n2)cn1. The van der Waals surface area contributed by atoms with Crippen LogP contribution >= 0.6 is 0 Å². The highest BCUT2D eigenvalue weighted by Gasteiger charge is 2.40. The first kappa shape index (κ1) is 21.2. The number of carboxylic acids is 1. The third kappa shape index (κ3) is 4.19. The maximum Gasteiger partial charge on any atom is 0.354 e. The van der Waals surface area contributed by atoms with E-state index in [9.17, 15) is 19.8 Å². The van der Waals surface area contributed by atoms with Crippen LogP contribution in [0.5, 0.6) is 0 Å². The van der Waals surface area contributed by atoms with Crippen molar-refractivity contribution >= 4 is 11.9 Å². The molecule has 3 aromatic rings. The Labute approximate surface area is 184 Å². The highest BCUT2D eigenvalue weighted by molar-refractivity contribution is 5.88. The van der Waals surface area contributed by atoms with E-state index in [0.29, 0.717) is 35.3 Å².